The van der Waals surface area contributed by atoms with Gasteiger partial charge >= 0.3 is 0 Å². The molecule has 0 saturated carbocycles. The molecule has 0 saturated heterocycles. The van der Waals surface area contributed by atoms with Crippen molar-refractivity contribution in [1.82, 2.24) is 0 Å². The standard InChI is InChI=1S/C20H25NO6S2/c1-14(29(25,26)27)9-16(12-20(21)22)10-15-5-3-6-17(11-15)18-7-4-8-19(13-18)28(2,23)24/h3-8,11,13-14,16H,9-10,12H2,1-2H3,(H2,21,22)(H,25,26,27). The van der Waals surface area contributed by atoms with Crippen molar-refractivity contribution < 1.29 is 26.2 Å². The van der Waals surface area contributed by atoms with E-state index in [0.717, 1.165) is 22.9 Å². The summed E-state index contributed by atoms with van der Waals surface area (Å²) < 4.78 is 55.5. The Hall–Kier alpha value is -2.23. The maximum absolute atomic E-state index is 11.8. The summed E-state index contributed by atoms with van der Waals surface area (Å²) in [5.74, 6) is -0.906. The first-order valence-corrected chi connectivity index (χ1v) is 12.4. The van der Waals surface area contributed by atoms with Gasteiger partial charge in [0, 0.05) is 12.7 Å². The molecule has 0 aromatic heterocycles. The summed E-state index contributed by atoms with van der Waals surface area (Å²) in [6, 6.07) is 14.0. The first-order chi connectivity index (χ1) is 13.4. The highest BCUT2D eigenvalue weighted by Gasteiger charge is 2.24. The second-order valence-electron chi connectivity index (χ2n) is 7.30. The van der Waals surface area contributed by atoms with Crippen LogP contribution in [0.15, 0.2) is 53.4 Å². The van der Waals surface area contributed by atoms with Gasteiger partial charge in [0.15, 0.2) is 9.84 Å². The largest absolute Gasteiger partial charge is 0.370 e. The minimum atomic E-state index is -4.20. The van der Waals surface area contributed by atoms with Gasteiger partial charge in [0.1, 0.15) is 0 Å². The topological polar surface area (TPSA) is 132 Å². The Balaban J connectivity index is 2.30. The van der Waals surface area contributed by atoms with Gasteiger partial charge in [0.2, 0.25) is 5.91 Å². The first kappa shape index (κ1) is 23.1. The summed E-state index contributed by atoms with van der Waals surface area (Å²) >= 11 is 0. The van der Waals surface area contributed by atoms with Crippen molar-refractivity contribution in [3.05, 3.63) is 54.1 Å². The van der Waals surface area contributed by atoms with Crippen LogP contribution >= 0.6 is 0 Å². The van der Waals surface area contributed by atoms with E-state index in [1.54, 1.807) is 18.2 Å². The molecule has 0 bridgehead atoms. The number of carbonyl (C=O) groups excluding carboxylic acids is 1. The quantitative estimate of drug-likeness (QED) is 0.577. The van der Waals surface area contributed by atoms with Crippen molar-refractivity contribution in [3.63, 3.8) is 0 Å². The van der Waals surface area contributed by atoms with Gasteiger partial charge in [0.05, 0.1) is 10.1 Å². The molecule has 2 aromatic rings. The number of carbonyl (C=O) groups is 1. The maximum atomic E-state index is 11.8. The highest BCUT2D eigenvalue weighted by molar-refractivity contribution is 7.90. The summed E-state index contributed by atoms with van der Waals surface area (Å²) in [6.45, 7) is 1.39. The lowest BCUT2D eigenvalue weighted by Crippen LogP contribution is -2.25. The third-order valence-corrected chi connectivity index (χ3v) is 7.03. The second kappa shape index (κ2) is 9.06. The average molecular weight is 440 g/mol. The number of hydrogen-bond acceptors (Lipinski definition) is 5. The zero-order valence-corrected chi connectivity index (χ0v) is 17.9. The summed E-state index contributed by atoms with van der Waals surface area (Å²) in [5, 5.41) is -1.01. The van der Waals surface area contributed by atoms with E-state index in [0.29, 0.717) is 6.42 Å². The van der Waals surface area contributed by atoms with Crippen LogP contribution in [0.2, 0.25) is 0 Å². The molecule has 0 aliphatic carbocycles. The molecular weight excluding hydrogens is 414 g/mol. The number of primary amides is 1. The average Bonchev–Trinajstić information content (AvgIpc) is 2.60. The molecule has 0 radical (unpaired) electrons. The molecular formula is C20H25NO6S2. The zero-order valence-electron chi connectivity index (χ0n) is 16.3. The number of benzene rings is 2. The summed E-state index contributed by atoms with van der Waals surface area (Å²) in [6.07, 6.45) is 1.62. The van der Waals surface area contributed by atoms with Gasteiger partial charge < -0.3 is 5.73 Å². The Labute approximate surface area is 171 Å². The van der Waals surface area contributed by atoms with Gasteiger partial charge in [-0.1, -0.05) is 36.4 Å². The van der Waals surface area contributed by atoms with E-state index in [9.17, 15) is 26.2 Å². The highest BCUT2D eigenvalue weighted by Crippen LogP contribution is 2.26. The minimum Gasteiger partial charge on any atom is -0.370 e. The molecule has 3 N–H and O–H groups in total. The van der Waals surface area contributed by atoms with Crippen LogP contribution in [0.5, 0.6) is 0 Å². The fourth-order valence-electron chi connectivity index (χ4n) is 3.23. The number of nitrogens with two attached hydrogens (primary N) is 1. The third-order valence-electron chi connectivity index (χ3n) is 4.71. The van der Waals surface area contributed by atoms with Crippen LogP contribution in [0.1, 0.15) is 25.3 Å². The predicted molar refractivity (Wildman–Crippen MR) is 112 cm³/mol. The van der Waals surface area contributed by atoms with E-state index in [2.05, 4.69) is 0 Å². The molecule has 0 spiro atoms. The molecule has 2 unspecified atom stereocenters. The van der Waals surface area contributed by atoms with E-state index < -0.39 is 31.1 Å². The molecule has 1 amide bonds. The SMILES string of the molecule is CC(CC(CC(N)=O)Cc1cccc(-c2cccc(S(C)(=O)=O)c2)c1)S(=O)(=O)O. The minimum absolute atomic E-state index is 0.00630. The molecule has 2 atom stereocenters. The molecule has 0 heterocycles. The fourth-order valence-corrected chi connectivity index (χ4v) is 4.41. The highest BCUT2D eigenvalue weighted by atomic mass is 32.2. The van der Waals surface area contributed by atoms with Crippen molar-refractivity contribution in [1.29, 1.82) is 0 Å². The molecule has 29 heavy (non-hydrogen) atoms. The summed E-state index contributed by atoms with van der Waals surface area (Å²) in [5.41, 5.74) is 7.68. The fraction of sp³-hybridized carbons (Fsp3) is 0.350. The Morgan fingerprint density at radius 3 is 2.17 bits per heavy atom. The van der Waals surface area contributed by atoms with Crippen LogP contribution in [-0.2, 0) is 31.2 Å². The van der Waals surface area contributed by atoms with Gasteiger partial charge in [0.25, 0.3) is 10.1 Å². The van der Waals surface area contributed by atoms with Crippen molar-refractivity contribution in [2.24, 2.45) is 11.7 Å². The van der Waals surface area contributed by atoms with E-state index in [-0.39, 0.29) is 23.7 Å². The van der Waals surface area contributed by atoms with E-state index in [1.807, 2.05) is 24.3 Å². The Bertz CT molecular complexity index is 1090. The number of hydrogen-bond donors (Lipinski definition) is 2. The zero-order chi connectivity index (χ0) is 21.8. The van der Waals surface area contributed by atoms with Crippen LogP contribution in [0.3, 0.4) is 0 Å². The molecule has 158 valence electrons. The van der Waals surface area contributed by atoms with Crippen molar-refractivity contribution in [2.45, 2.75) is 36.3 Å². The lowest BCUT2D eigenvalue weighted by Gasteiger charge is -2.19. The Morgan fingerprint density at radius 1 is 1.03 bits per heavy atom. The molecule has 2 aromatic carbocycles. The van der Waals surface area contributed by atoms with Crippen LogP contribution in [0.25, 0.3) is 11.1 Å². The van der Waals surface area contributed by atoms with Crippen LogP contribution < -0.4 is 5.73 Å². The normalized spacial score (nSPS) is 14.3. The van der Waals surface area contributed by atoms with Crippen molar-refractivity contribution >= 4 is 25.9 Å². The van der Waals surface area contributed by atoms with Gasteiger partial charge in [-0.05, 0) is 54.5 Å². The smallest absolute Gasteiger partial charge is 0.267 e. The van der Waals surface area contributed by atoms with E-state index >= 15 is 0 Å². The third kappa shape index (κ3) is 6.95. The lowest BCUT2D eigenvalue weighted by atomic mass is 9.90. The van der Waals surface area contributed by atoms with Crippen LogP contribution in [0, 0.1) is 5.92 Å². The van der Waals surface area contributed by atoms with Crippen molar-refractivity contribution in [2.75, 3.05) is 6.26 Å². The van der Waals surface area contributed by atoms with Gasteiger partial charge in [-0.3, -0.25) is 9.35 Å². The van der Waals surface area contributed by atoms with Crippen molar-refractivity contribution in [3.8, 4) is 11.1 Å². The molecule has 2 rings (SSSR count). The summed E-state index contributed by atoms with van der Waals surface area (Å²) in [7, 11) is -7.54. The monoisotopic (exact) mass is 439 g/mol. The molecule has 9 heteroatoms. The van der Waals surface area contributed by atoms with Crippen LogP contribution in [-0.4, -0.2) is 38.8 Å². The first-order valence-electron chi connectivity index (χ1n) is 9.00. The molecule has 0 aliphatic rings. The predicted octanol–water partition coefficient (Wildman–Crippen LogP) is 2.46. The Kier molecular flexibility index (Phi) is 7.20. The number of rotatable bonds is 9. The molecule has 7 nitrogen and oxygen atoms in total. The van der Waals surface area contributed by atoms with Gasteiger partial charge in [-0.15, -0.1) is 0 Å². The molecule has 0 fully saturated rings. The lowest BCUT2D eigenvalue weighted by molar-refractivity contribution is -0.118. The summed E-state index contributed by atoms with van der Waals surface area (Å²) in [4.78, 5) is 11.6. The molecule has 0 aliphatic heterocycles. The van der Waals surface area contributed by atoms with E-state index in [1.165, 1.54) is 13.0 Å². The maximum Gasteiger partial charge on any atom is 0.267 e. The van der Waals surface area contributed by atoms with Crippen LogP contribution in [0.4, 0.5) is 0 Å². The Morgan fingerprint density at radius 2 is 1.62 bits per heavy atom. The van der Waals surface area contributed by atoms with E-state index in [4.69, 9.17) is 5.73 Å². The number of sulfone groups is 1. The van der Waals surface area contributed by atoms with Gasteiger partial charge in [-0.2, -0.15) is 8.42 Å². The second-order valence-corrected chi connectivity index (χ2v) is 11.2. The van der Waals surface area contributed by atoms with Gasteiger partial charge in [-0.25, -0.2) is 8.42 Å². The number of amides is 1.